The van der Waals surface area contributed by atoms with Crippen molar-refractivity contribution in [3.8, 4) is 0 Å². The number of aliphatic hydroxyl groups is 1. The third-order valence-electron chi connectivity index (χ3n) is 2.81. The maximum Gasteiger partial charge on any atom is 0.253 e. The van der Waals surface area contributed by atoms with Crippen molar-refractivity contribution in [1.29, 1.82) is 0 Å². The van der Waals surface area contributed by atoms with E-state index in [1.807, 2.05) is 20.8 Å². The van der Waals surface area contributed by atoms with Gasteiger partial charge in [0.25, 0.3) is 5.91 Å². The van der Waals surface area contributed by atoms with Gasteiger partial charge in [0.2, 0.25) is 0 Å². The van der Waals surface area contributed by atoms with Crippen LogP contribution in [0.4, 0.5) is 0 Å². The van der Waals surface area contributed by atoms with E-state index in [9.17, 15) is 4.79 Å². The molecule has 0 aliphatic heterocycles. The van der Waals surface area contributed by atoms with Crippen molar-refractivity contribution in [3.05, 3.63) is 23.0 Å². The van der Waals surface area contributed by atoms with E-state index in [4.69, 9.17) is 5.11 Å². The molecule has 0 saturated heterocycles. The lowest BCUT2D eigenvalue weighted by atomic mass is 10.1. The number of aryl methyl sites for hydroxylation is 2. The lowest BCUT2D eigenvalue weighted by molar-refractivity contribution is 0.0943. The highest BCUT2D eigenvalue weighted by atomic mass is 16.3. The lowest BCUT2D eigenvalue weighted by Crippen LogP contribution is -2.29. The van der Waals surface area contributed by atoms with Crippen molar-refractivity contribution >= 4 is 5.91 Å². The Morgan fingerprint density at radius 2 is 2.22 bits per heavy atom. The molecule has 5 nitrogen and oxygen atoms in total. The highest BCUT2D eigenvalue weighted by molar-refractivity contribution is 5.95. The summed E-state index contributed by atoms with van der Waals surface area (Å²) in [4.78, 5) is 12.0. The summed E-state index contributed by atoms with van der Waals surface area (Å²) in [6, 6.07) is 1.76. The molecule has 1 heterocycles. The quantitative estimate of drug-likeness (QED) is 0.793. The molecule has 0 bridgehead atoms. The lowest BCUT2D eigenvalue weighted by Gasteiger charge is -2.12. The zero-order valence-electron chi connectivity index (χ0n) is 11.2. The van der Waals surface area contributed by atoms with E-state index in [1.165, 1.54) is 0 Å². The molecule has 1 amide bonds. The molecule has 0 fully saturated rings. The molecular weight excluding hydrogens is 230 g/mol. The van der Waals surface area contributed by atoms with E-state index in [1.54, 1.807) is 6.07 Å². The monoisotopic (exact) mass is 251 g/mol. The topological polar surface area (TPSA) is 75.1 Å². The molecule has 0 aliphatic carbocycles. The molecular formula is C13H21N3O2. The molecule has 0 radical (unpaired) electrons. The van der Waals surface area contributed by atoms with Gasteiger partial charge in [-0.2, -0.15) is 10.2 Å². The number of hydrogen-bond acceptors (Lipinski definition) is 4. The minimum Gasteiger partial charge on any atom is -0.396 e. The van der Waals surface area contributed by atoms with E-state index >= 15 is 0 Å². The Morgan fingerprint density at radius 3 is 2.83 bits per heavy atom. The van der Waals surface area contributed by atoms with Crippen LogP contribution in [0.1, 0.15) is 42.0 Å². The van der Waals surface area contributed by atoms with Crippen LogP contribution in [0, 0.1) is 12.8 Å². The Balaban J connectivity index is 2.68. The Bertz CT molecular complexity index is 407. The van der Waals surface area contributed by atoms with Gasteiger partial charge in [0.15, 0.2) is 0 Å². The molecule has 0 spiro atoms. The van der Waals surface area contributed by atoms with Gasteiger partial charge in [0.05, 0.1) is 17.0 Å². The van der Waals surface area contributed by atoms with Crippen LogP contribution >= 0.6 is 0 Å². The fraction of sp³-hybridized carbons (Fsp3) is 0.615. The smallest absolute Gasteiger partial charge is 0.253 e. The van der Waals surface area contributed by atoms with E-state index in [2.05, 4.69) is 15.5 Å². The standard InChI is InChI=1S/C13H21N3O2/c1-4-12-11(7-10(3)15-16-12)13(18)14-8-9(2)5-6-17/h7,9,17H,4-6,8H2,1-3H3,(H,14,18). The van der Waals surface area contributed by atoms with Crippen LogP contribution in [-0.2, 0) is 6.42 Å². The predicted octanol–water partition coefficient (Wildman–Crippen LogP) is 1.10. The Kier molecular flexibility index (Phi) is 5.71. The molecule has 1 rings (SSSR count). The van der Waals surface area contributed by atoms with Gasteiger partial charge in [-0.1, -0.05) is 13.8 Å². The van der Waals surface area contributed by atoms with Crippen molar-refractivity contribution in [2.75, 3.05) is 13.2 Å². The molecule has 1 aromatic heterocycles. The molecule has 1 aromatic rings. The molecule has 0 aromatic carbocycles. The second-order valence-corrected chi connectivity index (χ2v) is 4.53. The number of nitrogens with one attached hydrogen (secondary N) is 1. The molecule has 5 heteroatoms. The van der Waals surface area contributed by atoms with Crippen LogP contribution in [0.5, 0.6) is 0 Å². The van der Waals surface area contributed by atoms with Gasteiger partial charge in [-0.3, -0.25) is 4.79 Å². The number of carbonyl (C=O) groups is 1. The summed E-state index contributed by atoms with van der Waals surface area (Å²) in [5, 5.41) is 19.7. The Morgan fingerprint density at radius 1 is 1.50 bits per heavy atom. The highest BCUT2D eigenvalue weighted by Gasteiger charge is 2.13. The van der Waals surface area contributed by atoms with Gasteiger partial charge in [0.1, 0.15) is 0 Å². The maximum atomic E-state index is 12.0. The van der Waals surface area contributed by atoms with Crippen molar-refractivity contribution < 1.29 is 9.90 Å². The van der Waals surface area contributed by atoms with E-state index < -0.39 is 0 Å². The first kappa shape index (κ1) is 14.6. The maximum absolute atomic E-state index is 12.0. The van der Waals surface area contributed by atoms with Gasteiger partial charge in [0, 0.05) is 13.2 Å². The van der Waals surface area contributed by atoms with Crippen LogP contribution in [-0.4, -0.2) is 34.4 Å². The van der Waals surface area contributed by atoms with Gasteiger partial charge < -0.3 is 10.4 Å². The number of aromatic nitrogens is 2. The minimum atomic E-state index is -0.116. The molecule has 18 heavy (non-hydrogen) atoms. The number of rotatable bonds is 6. The number of amides is 1. The first-order valence-electron chi connectivity index (χ1n) is 6.30. The Labute approximate surface area is 108 Å². The van der Waals surface area contributed by atoms with Crippen LogP contribution < -0.4 is 5.32 Å². The van der Waals surface area contributed by atoms with E-state index in [0.29, 0.717) is 30.6 Å². The zero-order chi connectivity index (χ0) is 13.5. The summed E-state index contributed by atoms with van der Waals surface area (Å²) >= 11 is 0. The van der Waals surface area contributed by atoms with Gasteiger partial charge >= 0.3 is 0 Å². The largest absolute Gasteiger partial charge is 0.396 e. The third kappa shape index (κ3) is 4.07. The van der Waals surface area contributed by atoms with E-state index in [-0.39, 0.29) is 18.4 Å². The summed E-state index contributed by atoms with van der Waals surface area (Å²) in [6.45, 7) is 6.46. The molecule has 1 atom stereocenters. The van der Waals surface area contributed by atoms with Crippen LogP contribution in [0.2, 0.25) is 0 Å². The van der Waals surface area contributed by atoms with Crippen LogP contribution in [0.25, 0.3) is 0 Å². The Hall–Kier alpha value is -1.49. The van der Waals surface area contributed by atoms with Crippen molar-refractivity contribution in [2.45, 2.75) is 33.6 Å². The van der Waals surface area contributed by atoms with Crippen LogP contribution in [0.3, 0.4) is 0 Å². The van der Waals surface area contributed by atoms with Crippen molar-refractivity contribution in [1.82, 2.24) is 15.5 Å². The summed E-state index contributed by atoms with van der Waals surface area (Å²) < 4.78 is 0. The van der Waals surface area contributed by atoms with Gasteiger partial charge in [-0.05, 0) is 31.7 Å². The summed E-state index contributed by atoms with van der Waals surface area (Å²) in [7, 11) is 0. The fourth-order valence-electron chi connectivity index (χ4n) is 1.66. The second kappa shape index (κ2) is 7.06. The fourth-order valence-corrected chi connectivity index (χ4v) is 1.66. The molecule has 0 aliphatic rings. The molecule has 2 N–H and O–H groups in total. The molecule has 1 unspecified atom stereocenters. The average molecular weight is 251 g/mol. The SMILES string of the molecule is CCc1nnc(C)cc1C(=O)NCC(C)CCO. The van der Waals surface area contributed by atoms with Crippen LogP contribution in [0.15, 0.2) is 6.07 Å². The number of aliphatic hydroxyl groups excluding tert-OH is 1. The number of carbonyl (C=O) groups excluding carboxylic acids is 1. The zero-order valence-corrected chi connectivity index (χ0v) is 11.2. The normalized spacial score (nSPS) is 12.2. The minimum absolute atomic E-state index is 0.116. The average Bonchev–Trinajstić information content (AvgIpc) is 2.36. The summed E-state index contributed by atoms with van der Waals surface area (Å²) in [6.07, 6.45) is 1.37. The molecule has 0 saturated carbocycles. The highest BCUT2D eigenvalue weighted by Crippen LogP contribution is 2.08. The summed E-state index contributed by atoms with van der Waals surface area (Å²) in [5.74, 6) is 0.148. The van der Waals surface area contributed by atoms with Gasteiger partial charge in [-0.15, -0.1) is 0 Å². The van der Waals surface area contributed by atoms with Crippen molar-refractivity contribution in [3.63, 3.8) is 0 Å². The predicted molar refractivity (Wildman–Crippen MR) is 69.3 cm³/mol. The van der Waals surface area contributed by atoms with Gasteiger partial charge in [-0.25, -0.2) is 0 Å². The first-order chi connectivity index (χ1) is 8.58. The van der Waals surface area contributed by atoms with Crippen molar-refractivity contribution in [2.24, 2.45) is 5.92 Å². The molecule has 100 valence electrons. The third-order valence-corrected chi connectivity index (χ3v) is 2.81. The number of nitrogens with zero attached hydrogens (tertiary/aromatic N) is 2. The summed E-state index contributed by atoms with van der Waals surface area (Å²) in [5.41, 5.74) is 2.05. The van der Waals surface area contributed by atoms with E-state index in [0.717, 1.165) is 5.69 Å². The number of hydrogen-bond donors (Lipinski definition) is 2. The second-order valence-electron chi connectivity index (χ2n) is 4.53. The first-order valence-corrected chi connectivity index (χ1v) is 6.30.